The highest BCUT2D eigenvalue weighted by Crippen LogP contribution is 2.25. The summed E-state index contributed by atoms with van der Waals surface area (Å²) in [6.45, 7) is 8.38. The number of rotatable bonds is 6. The molecule has 0 radical (unpaired) electrons. The first-order valence-electron chi connectivity index (χ1n) is 9.20. The molecule has 6 nitrogen and oxygen atoms in total. The number of thiazole rings is 1. The van der Waals surface area contributed by atoms with E-state index >= 15 is 0 Å². The molecule has 29 heavy (non-hydrogen) atoms. The quantitative estimate of drug-likeness (QED) is 0.471. The molecule has 2 heterocycles. The Balaban J connectivity index is 1.89. The first kappa shape index (κ1) is 20.4. The minimum Gasteiger partial charge on any atom is -0.494 e. The van der Waals surface area contributed by atoms with E-state index < -0.39 is 5.91 Å². The van der Waals surface area contributed by atoms with Crippen molar-refractivity contribution in [3.05, 3.63) is 63.9 Å². The van der Waals surface area contributed by atoms with Crippen LogP contribution in [0.15, 0.2) is 41.3 Å². The Morgan fingerprint density at radius 2 is 2.03 bits per heavy atom. The number of carbonyl (C=O) groups excluding carboxylic acids is 1. The van der Waals surface area contributed by atoms with Crippen LogP contribution in [0.2, 0.25) is 0 Å². The first-order chi connectivity index (χ1) is 13.9. The standard InChI is InChI=1S/C22H22N4O2S/c1-5-28-20-8-6-19(7-9-20)26-15(3)10-17(16(26)4)11-18(12-23)21(27)25-22-24-14(2)13-29-22/h6-11,13H,5H2,1-4H3,(H,24,25,27)/b18-11-. The highest BCUT2D eigenvalue weighted by atomic mass is 32.1. The summed E-state index contributed by atoms with van der Waals surface area (Å²) in [6.07, 6.45) is 1.61. The summed E-state index contributed by atoms with van der Waals surface area (Å²) >= 11 is 1.33. The average Bonchev–Trinajstić information content (AvgIpc) is 3.22. The summed E-state index contributed by atoms with van der Waals surface area (Å²) in [7, 11) is 0. The number of amides is 1. The molecule has 3 rings (SSSR count). The number of ether oxygens (including phenoxy) is 1. The van der Waals surface area contributed by atoms with Crippen molar-refractivity contribution < 1.29 is 9.53 Å². The maximum Gasteiger partial charge on any atom is 0.268 e. The van der Waals surface area contributed by atoms with Crippen molar-refractivity contribution >= 4 is 28.5 Å². The van der Waals surface area contributed by atoms with Crippen LogP contribution in [0.1, 0.15) is 29.6 Å². The van der Waals surface area contributed by atoms with Crippen molar-refractivity contribution in [2.75, 3.05) is 11.9 Å². The van der Waals surface area contributed by atoms with Crippen molar-refractivity contribution in [3.8, 4) is 17.5 Å². The third-order valence-electron chi connectivity index (χ3n) is 4.38. The lowest BCUT2D eigenvalue weighted by Crippen LogP contribution is -2.13. The molecule has 1 aromatic carbocycles. The van der Waals surface area contributed by atoms with Crippen molar-refractivity contribution in [1.82, 2.24) is 9.55 Å². The molecule has 0 saturated carbocycles. The van der Waals surface area contributed by atoms with Gasteiger partial charge in [-0.15, -0.1) is 11.3 Å². The molecule has 0 unspecified atom stereocenters. The maximum absolute atomic E-state index is 12.5. The molecule has 1 amide bonds. The van der Waals surface area contributed by atoms with Gasteiger partial charge in [0.25, 0.3) is 5.91 Å². The number of aromatic nitrogens is 2. The van der Waals surface area contributed by atoms with Gasteiger partial charge in [0.2, 0.25) is 0 Å². The number of nitrogens with one attached hydrogen (secondary N) is 1. The van der Waals surface area contributed by atoms with Gasteiger partial charge in [-0.1, -0.05) is 0 Å². The largest absolute Gasteiger partial charge is 0.494 e. The molecule has 0 aliphatic heterocycles. The normalized spacial score (nSPS) is 11.2. The van der Waals surface area contributed by atoms with Crippen LogP contribution in [-0.2, 0) is 4.79 Å². The van der Waals surface area contributed by atoms with Crippen LogP contribution in [-0.4, -0.2) is 22.1 Å². The Bertz CT molecular complexity index is 1100. The third-order valence-corrected chi connectivity index (χ3v) is 5.26. The monoisotopic (exact) mass is 406 g/mol. The zero-order valence-electron chi connectivity index (χ0n) is 16.8. The summed E-state index contributed by atoms with van der Waals surface area (Å²) in [5.41, 5.74) is 4.61. The second-order valence-corrected chi connectivity index (χ2v) is 7.36. The lowest BCUT2D eigenvalue weighted by molar-refractivity contribution is -0.112. The molecule has 0 aliphatic carbocycles. The number of nitrogens with zero attached hydrogens (tertiary/aromatic N) is 3. The lowest BCUT2D eigenvalue weighted by atomic mass is 10.1. The van der Waals surface area contributed by atoms with E-state index in [1.54, 1.807) is 6.08 Å². The van der Waals surface area contributed by atoms with Crippen LogP contribution in [0.25, 0.3) is 11.8 Å². The summed E-state index contributed by atoms with van der Waals surface area (Å²) in [6, 6.07) is 11.8. The highest BCUT2D eigenvalue weighted by molar-refractivity contribution is 7.13. The molecule has 7 heteroatoms. The second kappa shape index (κ2) is 8.76. The Kier molecular flexibility index (Phi) is 6.15. The first-order valence-corrected chi connectivity index (χ1v) is 10.1. The van der Waals surface area contributed by atoms with Gasteiger partial charge in [0.15, 0.2) is 5.13 Å². The number of carbonyl (C=O) groups is 1. The summed E-state index contributed by atoms with van der Waals surface area (Å²) in [4.78, 5) is 16.7. The average molecular weight is 407 g/mol. The number of nitriles is 1. The third kappa shape index (κ3) is 4.55. The maximum atomic E-state index is 12.5. The molecule has 0 spiro atoms. The summed E-state index contributed by atoms with van der Waals surface area (Å²) < 4.78 is 7.58. The molecule has 0 bridgehead atoms. The van der Waals surface area contributed by atoms with E-state index in [2.05, 4.69) is 14.9 Å². The fourth-order valence-electron chi connectivity index (χ4n) is 3.07. The van der Waals surface area contributed by atoms with Gasteiger partial charge in [-0.2, -0.15) is 5.26 Å². The molecule has 0 atom stereocenters. The number of aryl methyl sites for hydroxylation is 2. The Labute approximate surface area is 174 Å². The van der Waals surface area contributed by atoms with E-state index in [1.165, 1.54) is 11.3 Å². The Morgan fingerprint density at radius 3 is 2.62 bits per heavy atom. The van der Waals surface area contributed by atoms with E-state index in [9.17, 15) is 10.1 Å². The number of hydrogen-bond donors (Lipinski definition) is 1. The smallest absolute Gasteiger partial charge is 0.268 e. The zero-order valence-corrected chi connectivity index (χ0v) is 17.6. The fraction of sp³-hybridized carbons (Fsp3) is 0.227. The van der Waals surface area contributed by atoms with Gasteiger partial charge < -0.3 is 9.30 Å². The van der Waals surface area contributed by atoms with Crippen molar-refractivity contribution in [2.45, 2.75) is 27.7 Å². The van der Waals surface area contributed by atoms with Crippen LogP contribution in [0.3, 0.4) is 0 Å². The van der Waals surface area contributed by atoms with Gasteiger partial charge in [0, 0.05) is 22.5 Å². The van der Waals surface area contributed by atoms with E-state index in [0.29, 0.717) is 11.7 Å². The van der Waals surface area contributed by atoms with Crippen LogP contribution < -0.4 is 10.1 Å². The molecule has 0 fully saturated rings. The summed E-state index contributed by atoms with van der Waals surface area (Å²) in [5.74, 6) is 0.354. The van der Waals surface area contributed by atoms with Crippen LogP contribution in [0, 0.1) is 32.1 Å². The van der Waals surface area contributed by atoms with Crippen LogP contribution in [0.4, 0.5) is 5.13 Å². The predicted molar refractivity (Wildman–Crippen MR) is 115 cm³/mol. The van der Waals surface area contributed by atoms with Gasteiger partial charge in [-0.25, -0.2) is 4.98 Å². The lowest BCUT2D eigenvalue weighted by Gasteiger charge is -2.11. The second-order valence-electron chi connectivity index (χ2n) is 6.51. The van der Waals surface area contributed by atoms with Gasteiger partial charge in [-0.3, -0.25) is 10.1 Å². The topological polar surface area (TPSA) is 79.9 Å². The van der Waals surface area contributed by atoms with Crippen LogP contribution in [0.5, 0.6) is 5.75 Å². The number of benzene rings is 1. The fourth-order valence-corrected chi connectivity index (χ4v) is 3.75. The Morgan fingerprint density at radius 1 is 1.31 bits per heavy atom. The number of anilines is 1. The number of hydrogen-bond acceptors (Lipinski definition) is 5. The van der Waals surface area contributed by atoms with E-state index in [-0.39, 0.29) is 5.57 Å². The zero-order chi connectivity index (χ0) is 21.0. The Hall–Kier alpha value is -3.37. The van der Waals surface area contributed by atoms with E-state index in [1.807, 2.05) is 69.5 Å². The predicted octanol–water partition coefficient (Wildman–Crippen LogP) is 4.80. The van der Waals surface area contributed by atoms with Crippen molar-refractivity contribution in [1.29, 1.82) is 5.26 Å². The molecule has 0 saturated heterocycles. The van der Waals surface area contributed by atoms with E-state index in [0.717, 1.165) is 34.1 Å². The van der Waals surface area contributed by atoms with Gasteiger partial charge >= 0.3 is 0 Å². The molecular formula is C22H22N4O2S. The summed E-state index contributed by atoms with van der Waals surface area (Å²) in [5, 5.41) is 14.5. The minimum atomic E-state index is -0.465. The van der Waals surface area contributed by atoms with Gasteiger partial charge in [-0.05, 0) is 69.7 Å². The highest BCUT2D eigenvalue weighted by Gasteiger charge is 2.15. The van der Waals surface area contributed by atoms with Gasteiger partial charge in [0.05, 0.1) is 12.3 Å². The molecular weight excluding hydrogens is 384 g/mol. The molecule has 0 aliphatic rings. The molecule has 1 N–H and O–H groups in total. The van der Waals surface area contributed by atoms with Crippen LogP contribution >= 0.6 is 11.3 Å². The SMILES string of the molecule is CCOc1ccc(-n2c(C)cc(/C=C(/C#N)C(=O)Nc3nc(C)cs3)c2C)cc1. The molecule has 3 aromatic rings. The van der Waals surface area contributed by atoms with Gasteiger partial charge in [0.1, 0.15) is 17.4 Å². The molecule has 2 aromatic heterocycles. The molecule has 148 valence electrons. The minimum absolute atomic E-state index is 0.0322. The van der Waals surface area contributed by atoms with Crippen molar-refractivity contribution in [2.24, 2.45) is 0 Å². The van der Waals surface area contributed by atoms with E-state index in [4.69, 9.17) is 4.74 Å². The van der Waals surface area contributed by atoms with Crippen molar-refractivity contribution in [3.63, 3.8) is 0 Å².